The van der Waals surface area contributed by atoms with Gasteiger partial charge >= 0.3 is 0 Å². The molecule has 3 heteroatoms. The normalized spacial score (nSPS) is 50.9. The second kappa shape index (κ2) is 5.79. The number of allylic oxidation sites excluding steroid dienone is 2. The van der Waals surface area contributed by atoms with Gasteiger partial charge in [-0.1, -0.05) is 38.0 Å². The van der Waals surface area contributed by atoms with Crippen molar-refractivity contribution in [3.63, 3.8) is 0 Å². The van der Waals surface area contributed by atoms with Crippen molar-refractivity contribution in [2.45, 2.75) is 65.4 Å². The van der Waals surface area contributed by atoms with Crippen LogP contribution in [0.15, 0.2) is 23.3 Å². The second-order valence-corrected chi connectivity index (χ2v) is 9.56. The van der Waals surface area contributed by atoms with Gasteiger partial charge in [-0.2, -0.15) is 0 Å². The molecule has 0 aromatic carbocycles. The van der Waals surface area contributed by atoms with E-state index < -0.39 is 0 Å². The van der Waals surface area contributed by atoms with E-state index >= 15 is 0 Å². The zero-order chi connectivity index (χ0) is 18.0. The summed E-state index contributed by atoms with van der Waals surface area (Å²) in [4.78, 5) is 12.0. The molecular formula is C22H32O3. The van der Waals surface area contributed by atoms with Crippen molar-refractivity contribution in [1.29, 1.82) is 0 Å². The molecule has 0 saturated heterocycles. The molecule has 138 valence electrons. The number of ketones is 1. The zero-order valence-electron chi connectivity index (χ0n) is 15.8. The van der Waals surface area contributed by atoms with Gasteiger partial charge in [0.15, 0.2) is 5.78 Å². The predicted octanol–water partition coefficient (Wildman–Crippen LogP) is 3.65. The highest BCUT2D eigenvalue weighted by molar-refractivity contribution is 5.91. The molecule has 3 nitrogen and oxygen atoms in total. The average Bonchev–Trinajstić information content (AvgIpc) is 2.86. The van der Waals surface area contributed by atoms with Gasteiger partial charge in [-0.25, -0.2) is 0 Å². The monoisotopic (exact) mass is 344 g/mol. The van der Waals surface area contributed by atoms with E-state index in [1.54, 1.807) is 0 Å². The molecule has 3 fully saturated rings. The lowest BCUT2D eigenvalue weighted by molar-refractivity contribution is -0.128. The van der Waals surface area contributed by atoms with Crippen molar-refractivity contribution < 1.29 is 15.0 Å². The van der Waals surface area contributed by atoms with Gasteiger partial charge < -0.3 is 10.2 Å². The van der Waals surface area contributed by atoms with E-state index in [1.807, 2.05) is 12.2 Å². The van der Waals surface area contributed by atoms with Gasteiger partial charge in [-0.3, -0.25) is 4.79 Å². The third kappa shape index (κ3) is 2.35. The molecular weight excluding hydrogens is 312 g/mol. The third-order valence-corrected chi connectivity index (χ3v) is 8.40. The van der Waals surface area contributed by atoms with E-state index in [1.165, 1.54) is 17.6 Å². The molecule has 0 radical (unpaired) electrons. The summed E-state index contributed by atoms with van der Waals surface area (Å²) in [5.74, 6) is 2.08. The molecule has 7 atom stereocenters. The SMILES string of the molecule is C[C@H]1C[C@@H]2[C@H]([C@@H](O)C[C@]3(C)C(=CCO)CC[C@@H]23)[C@@]2(C)CCC(=O)C=C12. The Hall–Kier alpha value is -0.930. The van der Waals surface area contributed by atoms with Crippen LogP contribution in [0.4, 0.5) is 0 Å². The standard InChI is InChI=1S/C22H32O3/c1-13-10-16-17-5-4-14(7-9-23)22(17,3)12-19(25)20(16)21(2)8-6-15(24)11-18(13)21/h7,11,13,16-17,19-20,23,25H,4-6,8-10,12H2,1-3H3/t13-,16-,17-,19-,20+,21-,22+/m0/s1. The number of rotatable bonds is 1. The lowest BCUT2D eigenvalue weighted by Crippen LogP contribution is -2.57. The molecule has 0 unspecified atom stereocenters. The summed E-state index contributed by atoms with van der Waals surface area (Å²) >= 11 is 0. The molecule has 0 aromatic heterocycles. The quantitative estimate of drug-likeness (QED) is 0.714. The molecule has 3 saturated carbocycles. The first-order chi connectivity index (χ1) is 11.8. The van der Waals surface area contributed by atoms with Gasteiger partial charge in [-0.05, 0) is 72.7 Å². The van der Waals surface area contributed by atoms with Crippen molar-refractivity contribution in [3.05, 3.63) is 23.3 Å². The average molecular weight is 344 g/mol. The van der Waals surface area contributed by atoms with E-state index in [0.717, 1.165) is 25.7 Å². The van der Waals surface area contributed by atoms with Crippen molar-refractivity contribution in [2.24, 2.45) is 34.5 Å². The summed E-state index contributed by atoms with van der Waals surface area (Å²) in [6.07, 6.45) is 9.23. The first-order valence-electron chi connectivity index (χ1n) is 10.0. The van der Waals surface area contributed by atoms with Crippen LogP contribution in [-0.2, 0) is 4.79 Å². The van der Waals surface area contributed by atoms with Gasteiger partial charge in [0.25, 0.3) is 0 Å². The minimum atomic E-state index is -0.319. The fourth-order valence-corrected chi connectivity index (χ4v) is 7.41. The fraction of sp³-hybridized carbons (Fsp3) is 0.773. The predicted molar refractivity (Wildman–Crippen MR) is 97.8 cm³/mol. The summed E-state index contributed by atoms with van der Waals surface area (Å²) in [5, 5.41) is 20.7. The van der Waals surface area contributed by atoms with Gasteiger partial charge in [0.05, 0.1) is 12.7 Å². The van der Waals surface area contributed by atoms with Crippen molar-refractivity contribution >= 4 is 5.78 Å². The number of carbonyl (C=O) groups is 1. The molecule has 2 N–H and O–H groups in total. The maximum Gasteiger partial charge on any atom is 0.155 e. The Labute approximate surface area is 151 Å². The highest BCUT2D eigenvalue weighted by Crippen LogP contribution is 2.67. The lowest BCUT2D eigenvalue weighted by Gasteiger charge is -2.60. The molecule has 0 heterocycles. The number of aliphatic hydroxyl groups excluding tert-OH is 2. The Kier molecular flexibility index (Phi) is 4.05. The number of aliphatic hydroxyl groups is 2. The highest BCUT2D eigenvalue weighted by Gasteiger charge is 2.61. The topological polar surface area (TPSA) is 57.5 Å². The van der Waals surface area contributed by atoms with E-state index in [4.69, 9.17) is 0 Å². The molecule has 4 aliphatic rings. The van der Waals surface area contributed by atoms with Crippen molar-refractivity contribution in [1.82, 2.24) is 0 Å². The molecule has 0 spiro atoms. The Morgan fingerprint density at radius 3 is 2.76 bits per heavy atom. The van der Waals surface area contributed by atoms with E-state index in [-0.39, 0.29) is 35.2 Å². The highest BCUT2D eigenvalue weighted by atomic mass is 16.3. The Balaban J connectivity index is 1.76. The number of hydrogen-bond donors (Lipinski definition) is 2. The minimum Gasteiger partial charge on any atom is -0.393 e. The van der Waals surface area contributed by atoms with Gasteiger partial charge in [-0.15, -0.1) is 0 Å². The van der Waals surface area contributed by atoms with Crippen LogP contribution in [0.1, 0.15) is 59.3 Å². The van der Waals surface area contributed by atoms with E-state index in [9.17, 15) is 15.0 Å². The zero-order valence-corrected chi connectivity index (χ0v) is 15.8. The van der Waals surface area contributed by atoms with Crippen LogP contribution < -0.4 is 0 Å². The Morgan fingerprint density at radius 1 is 1.28 bits per heavy atom. The lowest BCUT2D eigenvalue weighted by atomic mass is 9.45. The van der Waals surface area contributed by atoms with Gasteiger partial charge in [0, 0.05) is 6.42 Å². The van der Waals surface area contributed by atoms with Crippen LogP contribution in [0.5, 0.6) is 0 Å². The van der Waals surface area contributed by atoms with Gasteiger partial charge in [0.2, 0.25) is 0 Å². The first-order valence-corrected chi connectivity index (χ1v) is 10.0. The Morgan fingerprint density at radius 2 is 2.04 bits per heavy atom. The van der Waals surface area contributed by atoms with Crippen LogP contribution in [0.3, 0.4) is 0 Å². The summed E-state index contributed by atoms with van der Waals surface area (Å²) in [5.41, 5.74) is 2.66. The molecule has 4 rings (SSSR count). The molecule has 25 heavy (non-hydrogen) atoms. The van der Waals surface area contributed by atoms with Crippen LogP contribution in [0.2, 0.25) is 0 Å². The van der Waals surface area contributed by atoms with Crippen LogP contribution in [0, 0.1) is 34.5 Å². The van der Waals surface area contributed by atoms with Gasteiger partial charge in [0.1, 0.15) is 0 Å². The smallest absolute Gasteiger partial charge is 0.155 e. The van der Waals surface area contributed by atoms with Crippen LogP contribution in [-0.4, -0.2) is 28.7 Å². The maximum absolute atomic E-state index is 12.0. The number of fused-ring (bicyclic) bond motifs is 5. The largest absolute Gasteiger partial charge is 0.393 e. The molecule has 0 bridgehead atoms. The summed E-state index contributed by atoms with van der Waals surface area (Å²) in [6, 6.07) is 0. The van der Waals surface area contributed by atoms with E-state index in [0.29, 0.717) is 24.2 Å². The number of carbonyl (C=O) groups excluding carboxylic acids is 1. The van der Waals surface area contributed by atoms with Crippen molar-refractivity contribution in [2.75, 3.05) is 6.61 Å². The van der Waals surface area contributed by atoms with Crippen LogP contribution >= 0.6 is 0 Å². The van der Waals surface area contributed by atoms with Crippen LogP contribution in [0.25, 0.3) is 0 Å². The maximum atomic E-state index is 12.0. The fourth-order valence-electron chi connectivity index (χ4n) is 7.41. The van der Waals surface area contributed by atoms with E-state index in [2.05, 4.69) is 20.8 Å². The first kappa shape index (κ1) is 17.5. The molecule has 0 aromatic rings. The molecule has 0 aliphatic heterocycles. The molecule has 0 amide bonds. The summed E-state index contributed by atoms with van der Waals surface area (Å²) in [7, 11) is 0. The summed E-state index contributed by atoms with van der Waals surface area (Å²) in [6.45, 7) is 7.00. The van der Waals surface area contributed by atoms with Crippen molar-refractivity contribution in [3.8, 4) is 0 Å². The second-order valence-electron chi connectivity index (χ2n) is 9.56. The third-order valence-electron chi connectivity index (χ3n) is 8.40. The Bertz CT molecular complexity index is 648. The molecule has 4 aliphatic carbocycles. The minimum absolute atomic E-state index is 0.0273. The summed E-state index contributed by atoms with van der Waals surface area (Å²) < 4.78 is 0. The number of hydrogen-bond acceptors (Lipinski definition) is 3.